The van der Waals surface area contributed by atoms with Crippen LogP contribution in [-0.4, -0.2) is 12.5 Å². The van der Waals surface area contributed by atoms with Crippen molar-refractivity contribution in [1.29, 1.82) is 0 Å². The quantitative estimate of drug-likeness (QED) is 0.801. The Bertz CT molecular complexity index is 695. The Morgan fingerprint density at radius 2 is 1.76 bits per heavy atom. The minimum atomic E-state index is -0.183. The number of amides is 1. The molecular formula is C16H14Cl2N2O. The van der Waals surface area contributed by atoms with Gasteiger partial charge in [-0.05, 0) is 42.7 Å². The molecule has 1 amide bonds. The lowest BCUT2D eigenvalue weighted by atomic mass is 9.99. The molecule has 0 unspecified atom stereocenters. The largest absolute Gasteiger partial charge is 0.398 e. The number of fused-ring (bicyclic) bond motifs is 1. The van der Waals surface area contributed by atoms with Crippen LogP contribution in [0.15, 0.2) is 36.4 Å². The Labute approximate surface area is 133 Å². The van der Waals surface area contributed by atoms with Gasteiger partial charge >= 0.3 is 0 Å². The van der Waals surface area contributed by atoms with Crippen LogP contribution in [0.2, 0.25) is 10.0 Å². The average molecular weight is 321 g/mol. The summed E-state index contributed by atoms with van der Waals surface area (Å²) < 4.78 is 0. The molecule has 3 rings (SSSR count). The molecular weight excluding hydrogens is 307 g/mol. The summed E-state index contributed by atoms with van der Waals surface area (Å²) in [6.45, 7) is 0.636. The fourth-order valence-electron chi connectivity index (χ4n) is 2.70. The minimum absolute atomic E-state index is 0.183. The summed E-state index contributed by atoms with van der Waals surface area (Å²) in [6.07, 6.45) is 1.75. The van der Waals surface area contributed by atoms with E-state index < -0.39 is 0 Å². The summed E-state index contributed by atoms with van der Waals surface area (Å²) >= 11 is 12.3. The van der Waals surface area contributed by atoms with Crippen LogP contribution >= 0.6 is 23.2 Å². The SMILES string of the molecule is Nc1cccc2c1CCCN2C(=O)c1c(Cl)cccc1Cl. The van der Waals surface area contributed by atoms with Gasteiger partial charge in [0.25, 0.3) is 5.91 Å². The summed E-state index contributed by atoms with van der Waals surface area (Å²) in [4.78, 5) is 14.5. The molecule has 0 atom stereocenters. The molecule has 3 nitrogen and oxygen atoms in total. The van der Waals surface area contributed by atoms with Crippen molar-refractivity contribution < 1.29 is 4.79 Å². The van der Waals surface area contributed by atoms with Gasteiger partial charge in [-0.2, -0.15) is 0 Å². The molecule has 1 heterocycles. The highest BCUT2D eigenvalue weighted by Gasteiger charge is 2.27. The van der Waals surface area contributed by atoms with Gasteiger partial charge in [0.2, 0.25) is 0 Å². The Morgan fingerprint density at radius 3 is 2.48 bits per heavy atom. The van der Waals surface area contributed by atoms with E-state index in [0.717, 1.165) is 29.8 Å². The number of carbonyl (C=O) groups excluding carboxylic acids is 1. The summed E-state index contributed by atoms with van der Waals surface area (Å²) in [7, 11) is 0. The average Bonchev–Trinajstić information content (AvgIpc) is 2.47. The number of hydrogen-bond acceptors (Lipinski definition) is 2. The van der Waals surface area contributed by atoms with Crippen LogP contribution in [0.5, 0.6) is 0 Å². The smallest absolute Gasteiger partial charge is 0.261 e. The second-order valence-corrected chi connectivity index (χ2v) is 5.82. The van der Waals surface area contributed by atoms with Crippen molar-refractivity contribution in [2.24, 2.45) is 0 Å². The first-order chi connectivity index (χ1) is 10.1. The first kappa shape index (κ1) is 14.2. The Kier molecular flexibility index (Phi) is 3.79. The third-order valence-corrected chi connectivity index (χ3v) is 4.34. The van der Waals surface area contributed by atoms with Crippen LogP contribution in [-0.2, 0) is 6.42 Å². The van der Waals surface area contributed by atoms with Crippen LogP contribution in [0, 0.1) is 0 Å². The topological polar surface area (TPSA) is 46.3 Å². The number of carbonyl (C=O) groups is 1. The van der Waals surface area contributed by atoms with E-state index in [1.165, 1.54) is 0 Å². The number of hydrogen-bond donors (Lipinski definition) is 1. The van der Waals surface area contributed by atoms with Gasteiger partial charge in [-0.15, -0.1) is 0 Å². The van der Waals surface area contributed by atoms with Crippen molar-refractivity contribution in [3.8, 4) is 0 Å². The molecule has 108 valence electrons. The number of benzene rings is 2. The van der Waals surface area contributed by atoms with E-state index in [1.54, 1.807) is 23.1 Å². The van der Waals surface area contributed by atoms with Crippen molar-refractivity contribution in [3.05, 3.63) is 57.6 Å². The number of nitrogens with two attached hydrogens (primary N) is 1. The normalized spacial score (nSPS) is 13.9. The molecule has 0 spiro atoms. The monoisotopic (exact) mass is 320 g/mol. The zero-order chi connectivity index (χ0) is 15.0. The van der Waals surface area contributed by atoms with Crippen molar-refractivity contribution >= 4 is 40.5 Å². The molecule has 0 aliphatic carbocycles. The molecule has 1 aliphatic heterocycles. The van der Waals surface area contributed by atoms with Crippen LogP contribution in [0.1, 0.15) is 22.3 Å². The van der Waals surface area contributed by atoms with E-state index in [1.807, 2.05) is 18.2 Å². The van der Waals surface area contributed by atoms with Crippen molar-refractivity contribution in [2.45, 2.75) is 12.8 Å². The summed E-state index contributed by atoms with van der Waals surface area (Å²) in [5.74, 6) is -0.183. The molecule has 2 aromatic carbocycles. The first-order valence-electron chi connectivity index (χ1n) is 6.73. The lowest BCUT2D eigenvalue weighted by Gasteiger charge is -2.30. The second kappa shape index (κ2) is 5.58. The Hall–Kier alpha value is -1.71. The fourth-order valence-corrected chi connectivity index (χ4v) is 3.26. The summed E-state index contributed by atoms with van der Waals surface area (Å²) in [5.41, 5.74) is 8.94. The predicted molar refractivity (Wildman–Crippen MR) is 87.3 cm³/mol. The predicted octanol–water partition coefficient (Wildman–Crippen LogP) is 4.17. The molecule has 0 saturated carbocycles. The molecule has 2 N–H and O–H groups in total. The minimum Gasteiger partial charge on any atom is -0.398 e. The highest BCUT2D eigenvalue weighted by molar-refractivity contribution is 6.40. The molecule has 1 aliphatic rings. The van der Waals surface area contributed by atoms with E-state index in [4.69, 9.17) is 28.9 Å². The standard InChI is InChI=1S/C16H14Cl2N2O/c17-11-5-1-6-12(18)15(11)16(21)20-9-3-4-10-13(19)7-2-8-14(10)20/h1-2,5-8H,3-4,9,19H2. The summed E-state index contributed by atoms with van der Waals surface area (Å²) in [6, 6.07) is 10.7. The highest BCUT2D eigenvalue weighted by Crippen LogP contribution is 2.34. The van der Waals surface area contributed by atoms with Gasteiger partial charge in [-0.1, -0.05) is 35.3 Å². The fraction of sp³-hybridized carbons (Fsp3) is 0.188. The van der Waals surface area contributed by atoms with Crippen molar-refractivity contribution in [1.82, 2.24) is 0 Å². The summed E-state index contributed by atoms with van der Waals surface area (Å²) in [5, 5.41) is 0.729. The number of nitrogen functional groups attached to an aromatic ring is 1. The van der Waals surface area contributed by atoms with Gasteiger partial charge in [-0.25, -0.2) is 0 Å². The number of halogens is 2. The van der Waals surface area contributed by atoms with Crippen LogP contribution in [0.3, 0.4) is 0 Å². The third kappa shape index (κ3) is 2.47. The van der Waals surface area contributed by atoms with Gasteiger partial charge in [-0.3, -0.25) is 4.79 Å². The number of nitrogens with zero attached hydrogens (tertiary/aromatic N) is 1. The van der Waals surface area contributed by atoms with Crippen LogP contribution in [0.25, 0.3) is 0 Å². The molecule has 2 aromatic rings. The third-order valence-electron chi connectivity index (χ3n) is 3.71. The molecule has 5 heteroatoms. The molecule has 0 aromatic heterocycles. The van der Waals surface area contributed by atoms with Gasteiger partial charge < -0.3 is 10.6 Å². The lowest BCUT2D eigenvalue weighted by Crippen LogP contribution is -2.36. The second-order valence-electron chi connectivity index (χ2n) is 5.00. The van der Waals surface area contributed by atoms with E-state index in [2.05, 4.69) is 0 Å². The lowest BCUT2D eigenvalue weighted by molar-refractivity contribution is 0.0985. The van der Waals surface area contributed by atoms with E-state index >= 15 is 0 Å². The van der Waals surface area contributed by atoms with Gasteiger partial charge in [0.15, 0.2) is 0 Å². The maximum absolute atomic E-state index is 12.8. The van der Waals surface area contributed by atoms with Gasteiger partial charge in [0.1, 0.15) is 0 Å². The zero-order valence-corrected chi connectivity index (χ0v) is 12.8. The van der Waals surface area contributed by atoms with Crippen molar-refractivity contribution in [2.75, 3.05) is 17.2 Å². The van der Waals surface area contributed by atoms with E-state index in [9.17, 15) is 4.79 Å². The zero-order valence-electron chi connectivity index (χ0n) is 11.3. The molecule has 0 bridgehead atoms. The van der Waals surface area contributed by atoms with E-state index in [0.29, 0.717) is 22.2 Å². The van der Waals surface area contributed by atoms with Crippen LogP contribution in [0.4, 0.5) is 11.4 Å². The maximum Gasteiger partial charge on any atom is 0.261 e. The number of anilines is 2. The molecule has 0 radical (unpaired) electrons. The van der Waals surface area contributed by atoms with Gasteiger partial charge in [0.05, 0.1) is 15.6 Å². The van der Waals surface area contributed by atoms with Gasteiger partial charge in [0, 0.05) is 17.9 Å². The highest BCUT2D eigenvalue weighted by atomic mass is 35.5. The van der Waals surface area contributed by atoms with E-state index in [-0.39, 0.29) is 5.91 Å². The van der Waals surface area contributed by atoms with Crippen LogP contribution < -0.4 is 10.6 Å². The number of rotatable bonds is 1. The molecule has 0 saturated heterocycles. The first-order valence-corrected chi connectivity index (χ1v) is 7.48. The molecule has 21 heavy (non-hydrogen) atoms. The van der Waals surface area contributed by atoms with Crippen molar-refractivity contribution in [3.63, 3.8) is 0 Å². The Morgan fingerprint density at radius 1 is 1.10 bits per heavy atom. The molecule has 0 fully saturated rings. The Balaban J connectivity index is 2.07. The maximum atomic E-state index is 12.8.